The summed E-state index contributed by atoms with van der Waals surface area (Å²) in [5, 5.41) is 23.3. The number of hydrogen-bond donors (Lipinski definition) is 2. The van der Waals surface area contributed by atoms with Gasteiger partial charge in [-0.3, -0.25) is 9.59 Å². The van der Waals surface area contributed by atoms with Gasteiger partial charge in [0.05, 0.1) is 12.2 Å². The summed E-state index contributed by atoms with van der Waals surface area (Å²) < 4.78 is 0. The number of fused-ring (bicyclic) bond motifs is 10. The molecule has 0 aliphatic heterocycles. The van der Waals surface area contributed by atoms with Gasteiger partial charge in [-0.25, -0.2) is 0 Å². The second-order valence-corrected chi connectivity index (χ2v) is 20.2. The quantitative estimate of drug-likeness (QED) is 0.325. The van der Waals surface area contributed by atoms with E-state index < -0.39 is 0 Å². The highest BCUT2D eigenvalue weighted by Gasteiger charge is 2.72. The van der Waals surface area contributed by atoms with Gasteiger partial charge in [0.15, 0.2) is 0 Å². The molecular weight excluding hydrogens is 568 g/mol. The van der Waals surface area contributed by atoms with Crippen molar-refractivity contribution in [1.82, 2.24) is 0 Å². The van der Waals surface area contributed by atoms with E-state index in [4.69, 9.17) is 0 Å². The van der Waals surface area contributed by atoms with E-state index in [-0.39, 0.29) is 51.1 Å². The SMILES string of the molecule is CC(=O)[C@H]1CC[C@H]2[C@@H]3CCC4CC(O)CC(C56CC[C@H]7[C@@H]8CC[C@H](C(C)=O)[C@@]8(C)CC[C@@H]7[C@@]5(C)CCC(O)C6)[C@]4(C)[C@H]3CC[C@]12C. The summed E-state index contributed by atoms with van der Waals surface area (Å²) in [6, 6.07) is 0. The Labute approximate surface area is 280 Å². The number of carbonyl (C=O) groups is 2. The van der Waals surface area contributed by atoms with Gasteiger partial charge in [0.25, 0.3) is 0 Å². The van der Waals surface area contributed by atoms with Crippen molar-refractivity contribution in [3.8, 4) is 0 Å². The number of rotatable bonds is 3. The van der Waals surface area contributed by atoms with Gasteiger partial charge in [-0.1, -0.05) is 27.7 Å². The molecule has 8 fully saturated rings. The highest BCUT2D eigenvalue weighted by Crippen LogP contribution is 2.78. The average Bonchev–Trinajstić information content (AvgIpc) is 3.54. The molecule has 0 amide bonds. The predicted octanol–water partition coefficient (Wildman–Crippen LogP) is 8.80. The van der Waals surface area contributed by atoms with Crippen LogP contribution in [0.15, 0.2) is 0 Å². The van der Waals surface area contributed by atoms with Gasteiger partial charge in [-0.15, -0.1) is 0 Å². The van der Waals surface area contributed by atoms with Crippen LogP contribution in [0.5, 0.6) is 0 Å². The number of aliphatic hydroxyl groups is 2. The molecule has 17 atom stereocenters. The van der Waals surface area contributed by atoms with Gasteiger partial charge in [0.1, 0.15) is 11.6 Å². The Hall–Kier alpha value is -0.740. The normalized spacial score (nSPS) is 59.3. The summed E-state index contributed by atoms with van der Waals surface area (Å²) in [4.78, 5) is 25.7. The topological polar surface area (TPSA) is 74.6 Å². The average molecular weight is 635 g/mol. The Kier molecular flexibility index (Phi) is 7.50. The fourth-order valence-corrected chi connectivity index (χ4v) is 17.5. The number of ketones is 2. The number of hydrogen-bond acceptors (Lipinski definition) is 4. The van der Waals surface area contributed by atoms with Gasteiger partial charge < -0.3 is 10.2 Å². The maximum atomic E-state index is 12.9. The van der Waals surface area contributed by atoms with E-state index in [2.05, 4.69) is 27.7 Å². The molecular formula is C42H66O4. The van der Waals surface area contributed by atoms with Gasteiger partial charge in [0, 0.05) is 11.8 Å². The summed E-state index contributed by atoms with van der Waals surface area (Å²) in [6.07, 6.45) is 18.8. The second-order valence-electron chi connectivity index (χ2n) is 20.2. The van der Waals surface area contributed by atoms with Gasteiger partial charge in [-0.2, -0.15) is 0 Å². The molecule has 0 aromatic carbocycles. The summed E-state index contributed by atoms with van der Waals surface area (Å²) in [7, 11) is 0. The maximum Gasteiger partial charge on any atom is 0.133 e. The molecule has 0 aromatic rings. The smallest absolute Gasteiger partial charge is 0.133 e. The Bertz CT molecular complexity index is 1260. The highest BCUT2D eigenvalue weighted by molar-refractivity contribution is 5.80. The molecule has 4 heteroatoms. The molecule has 0 saturated heterocycles. The molecule has 4 nitrogen and oxygen atoms in total. The lowest BCUT2D eigenvalue weighted by molar-refractivity contribution is -0.260. The van der Waals surface area contributed by atoms with Crippen molar-refractivity contribution in [2.24, 2.45) is 86.3 Å². The van der Waals surface area contributed by atoms with Crippen LogP contribution in [0.2, 0.25) is 0 Å². The van der Waals surface area contributed by atoms with Crippen LogP contribution < -0.4 is 0 Å². The molecule has 8 saturated carbocycles. The zero-order chi connectivity index (χ0) is 32.6. The molecule has 0 aromatic heterocycles. The molecule has 0 spiro atoms. The second kappa shape index (κ2) is 10.6. The third kappa shape index (κ3) is 4.04. The monoisotopic (exact) mass is 634 g/mol. The Morgan fingerprint density at radius 2 is 1.15 bits per heavy atom. The van der Waals surface area contributed by atoms with E-state index in [0.717, 1.165) is 44.9 Å². The minimum Gasteiger partial charge on any atom is -0.393 e. The minimum absolute atomic E-state index is 0.0623. The summed E-state index contributed by atoms with van der Waals surface area (Å²) in [5.74, 6) is 6.39. The molecule has 2 N–H and O–H groups in total. The van der Waals surface area contributed by atoms with Crippen LogP contribution in [0, 0.1) is 86.3 Å². The van der Waals surface area contributed by atoms with Crippen LogP contribution in [0.1, 0.15) is 151 Å². The van der Waals surface area contributed by atoms with Crippen LogP contribution in [0.25, 0.3) is 0 Å². The van der Waals surface area contributed by atoms with E-state index in [1.807, 2.05) is 13.8 Å². The van der Waals surface area contributed by atoms with Crippen molar-refractivity contribution in [2.45, 2.75) is 163 Å². The van der Waals surface area contributed by atoms with E-state index in [9.17, 15) is 19.8 Å². The molecule has 8 aliphatic carbocycles. The fraction of sp³-hybridized carbons (Fsp3) is 0.952. The van der Waals surface area contributed by atoms with Crippen molar-refractivity contribution >= 4 is 11.6 Å². The van der Waals surface area contributed by atoms with Crippen molar-refractivity contribution in [3.05, 3.63) is 0 Å². The van der Waals surface area contributed by atoms with Gasteiger partial charge in [-0.05, 0) is 197 Å². The standard InChI is InChI=1S/C42H66O4/c1-24(43)31-10-12-34-30-14-20-42(23-27(45)13-19-40(42,5)35(30)15-17-38(31,34)3)37-22-28(46)21-26-7-8-29-33-11-9-32(25(2)44)39(33,4)18-16-36(29)41(26,37)6/h26-37,45-46H,7-23H2,1-6H3/t26?,27?,28?,29-,30-,31+,32+,33-,34-,35-,36-,37?,38+,39+,40+,41-,42?/m0/s1. The molecule has 0 bridgehead atoms. The molecule has 0 radical (unpaired) electrons. The number of carbonyl (C=O) groups excluding carboxylic acids is 2. The van der Waals surface area contributed by atoms with Crippen molar-refractivity contribution in [2.75, 3.05) is 0 Å². The first kappa shape index (κ1) is 32.5. The number of Topliss-reactive ketones (excluding diaryl/α,β-unsaturated/α-hetero) is 2. The first-order valence-corrected chi connectivity index (χ1v) is 20.1. The molecule has 8 rings (SSSR count). The van der Waals surface area contributed by atoms with Crippen LogP contribution >= 0.6 is 0 Å². The first-order chi connectivity index (χ1) is 21.7. The van der Waals surface area contributed by atoms with Crippen LogP contribution in [-0.2, 0) is 9.59 Å². The van der Waals surface area contributed by atoms with Crippen LogP contribution in [0.4, 0.5) is 0 Å². The van der Waals surface area contributed by atoms with Crippen molar-refractivity contribution in [3.63, 3.8) is 0 Å². The fourth-order valence-electron chi connectivity index (χ4n) is 17.5. The summed E-state index contributed by atoms with van der Waals surface area (Å²) in [5.41, 5.74) is 0.745. The maximum absolute atomic E-state index is 12.9. The van der Waals surface area contributed by atoms with Gasteiger partial charge in [0.2, 0.25) is 0 Å². The van der Waals surface area contributed by atoms with Crippen molar-refractivity contribution in [1.29, 1.82) is 0 Å². The van der Waals surface area contributed by atoms with E-state index >= 15 is 0 Å². The molecule has 46 heavy (non-hydrogen) atoms. The lowest BCUT2D eigenvalue weighted by atomic mass is 9.31. The third-order valence-corrected chi connectivity index (χ3v) is 19.3. The van der Waals surface area contributed by atoms with Gasteiger partial charge >= 0.3 is 0 Å². The van der Waals surface area contributed by atoms with E-state index in [0.29, 0.717) is 58.9 Å². The Morgan fingerprint density at radius 3 is 1.76 bits per heavy atom. The van der Waals surface area contributed by atoms with E-state index in [1.54, 1.807) is 0 Å². The van der Waals surface area contributed by atoms with Crippen LogP contribution in [-0.4, -0.2) is 34.0 Å². The Morgan fingerprint density at radius 1 is 0.565 bits per heavy atom. The zero-order valence-electron chi connectivity index (χ0n) is 30.2. The first-order valence-electron chi connectivity index (χ1n) is 20.1. The lowest BCUT2D eigenvalue weighted by Gasteiger charge is -2.73. The highest BCUT2D eigenvalue weighted by atomic mass is 16.3. The summed E-state index contributed by atoms with van der Waals surface area (Å²) in [6.45, 7) is 14.0. The largest absolute Gasteiger partial charge is 0.393 e. The molecule has 0 heterocycles. The molecule has 5 unspecified atom stereocenters. The molecule has 8 aliphatic rings. The molecule has 258 valence electrons. The number of aliphatic hydroxyl groups excluding tert-OH is 2. The third-order valence-electron chi connectivity index (χ3n) is 19.3. The minimum atomic E-state index is -0.228. The predicted molar refractivity (Wildman–Crippen MR) is 182 cm³/mol. The van der Waals surface area contributed by atoms with Crippen LogP contribution in [0.3, 0.4) is 0 Å². The zero-order valence-corrected chi connectivity index (χ0v) is 30.2. The van der Waals surface area contributed by atoms with Crippen molar-refractivity contribution < 1.29 is 19.8 Å². The lowest BCUT2D eigenvalue weighted by Crippen LogP contribution is -2.67. The van der Waals surface area contributed by atoms with E-state index in [1.165, 1.54) is 64.2 Å². The summed E-state index contributed by atoms with van der Waals surface area (Å²) >= 11 is 0. The Balaban J connectivity index is 1.18.